The second-order valence-electron chi connectivity index (χ2n) is 4.82. The molecule has 2 aromatic carbocycles. The van der Waals surface area contributed by atoms with E-state index in [1.807, 2.05) is 55.5 Å². The molecule has 5 N–H and O–H groups in total. The molecule has 0 heterocycles. The van der Waals surface area contributed by atoms with Gasteiger partial charge in [-0.05, 0) is 25.1 Å². The molecule has 0 unspecified atom stereocenters. The summed E-state index contributed by atoms with van der Waals surface area (Å²) >= 11 is 0. The fourth-order valence-corrected chi connectivity index (χ4v) is 1.88. The van der Waals surface area contributed by atoms with Gasteiger partial charge in [0.15, 0.2) is 5.84 Å². The number of benzene rings is 2. The van der Waals surface area contributed by atoms with Gasteiger partial charge in [-0.3, -0.25) is 16.3 Å². The Kier molecular flexibility index (Phi) is 5.64. The molecular weight excluding hydrogens is 302 g/mol. The summed E-state index contributed by atoms with van der Waals surface area (Å²) in [5.41, 5.74) is 13.9. The number of hydrogen-bond donors (Lipinski definition) is 4. The number of nitriles is 1. The Hall–Kier alpha value is -3.66. The van der Waals surface area contributed by atoms with Crippen molar-refractivity contribution in [2.75, 3.05) is 10.9 Å². The summed E-state index contributed by atoms with van der Waals surface area (Å²) < 4.78 is 0. The zero-order valence-electron chi connectivity index (χ0n) is 13.1. The van der Waals surface area contributed by atoms with Crippen molar-refractivity contribution in [3.63, 3.8) is 0 Å². The number of amidine groups is 1. The number of para-hydroxylation sites is 2. The molecule has 0 bridgehead atoms. The van der Waals surface area contributed by atoms with E-state index < -0.39 is 5.84 Å². The van der Waals surface area contributed by atoms with Crippen molar-refractivity contribution in [3.8, 4) is 6.07 Å². The Bertz CT molecular complexity index is 816. The van der Waals surface area contributed by atoms with Crippen LogP contribution in [-0.4, -0.2) is 17.3 Å². The fraction of sp³-hybridized carbons (Fsp3) is 0.0588. The van der Waals surface area contributed by atoms with Crippen molar-refractivity contribution < 1.29 is 0 Å². The lowest BCUT2D eigenvalue weighted by atomic mass is 10.1. The first-order chi connectivity index (χ1) is 11.6. The summed E-state index contributed by atoms with van der Waals surface area (Å²) in [6.07, 6.45) is 0. The van der Waals surface area contributed by atoms with Gasteiger partial charge in [0.05, 0.1) is 17.1 Å². The fourth-order valence-electron chi connectivity index (χ4n) is 1.88. The molecule has 0 saturated carbocycles. The van der Waals surface area contributed by atoms with Crippen LogP contribution in [0.25, 0.3) is 0 Å². The average molecular weight is 319 g/mol. The molecule has 0 fully saturated rings. The molecule has 0 aromatic heterocycles. The van der Waals surface area contributed by atoms with E-state index in [-0.39, 0.29) is 5.71 Å². The molecule has 0 saturated heterocycles. The highest BCUT2D eigenvalue weighted by Gasteiger charge is 2.06. The van der Waals surface area contributed by atoms with Crippen LogP contribution >= 0.6 is 0 Å². The number of hydrogen-bond acceptors (Lipinski definition) is 6. The van der Waals surface area contributed by atoms with Gasteiger partial charge in [0, 0.05) is 5.56 Å². The first-order valence-corrected chi connectivity index (χ1v) is 7.14. The lowest BCUT2D eigenvalue weighted by molar-refractivity contribution is 1.30. The first-order valence-electron chi connectivity index (χ1n) is 7.14. The van der Waals surface area contributed by atoms with Crippen LogP contribution in [0, 0.1) is 16.7 Å². The topological polar surface area (TPSA) is 122 Å². The van der Waals surface area contributed by atoms with E-state index in [2.05, 4.69) is 21.1 Å². The largest absolute Gasteiger partial charge is 0.382 e. The third kappa shape index (κ3) is 4.42. The van der Waals surface area contributed by atoms with E-state index >= 15 is 0 Å². The molecule has 0 aliphatic heterocycles. The van der Waals surface area contributed by atoms with Gasteiger partial charge in [-0.25, -0.2) is 0 Å². The minimum atomic E-state index is -0.390. The smallest absolute Gasteiger partial charge is 0.201 e. The highest BCUT2D eigenvalue weighted by molar-refractivity contribution is 6.45. The van der Waals surface area contributed by atoms with Crippen LogP contribution in [0.5, 0.6) is 0 Å². The Morgan fingerprint density at radius 2 is 1.71 bits per heavy atom. The Morgan fingerprint density at radius 1 is 1.04 bits per heavy atom. The molecule has 2 rings (SSSR count). The van der Waals surface area contributed by atoms with Gasteiger partial charge >= 0.3 is 0 Å². The van der Waals surface area contributed by atoms with E-state index in [1.165, 1.54) is 0 Å². The highest BCUT2D eigenvalue weighted by Crippen LogP contribution is 2.16. The number of anilines is 2. The standard InChI is InChI=1S/C17H17N7/c1-12(21-22-13-7-3-2-4-8-13)14-9-5-6-10-15(14)23-24-16(11-18)17(19)20/h2-10,22-23H,1H3,(H3,19,20)/b21-12?,24-16+. The monoisotopic (exact) mass is 319 g/mol. The molecule has 0 amide bonds. The van der Waals surface area contributed by atoms with Gasteiger partial charge < -0.3 is 5.73 Å². The van der Waals surface area contributed by atoms with Crippen molar-refractivity contribution in [2.24, 2.45) is 15.9 Å². The molecule has 0 aliphatic rings. The number of hydrazone groups is 2. The quantitative estimate of drug-likeness (QED) is 0.371. The maximum absolute atomic E-state index is 8.89. The van der Waals surface area contributed by atoms with Gasteiger partial charge in [0.1, 0.15) is 6.07 Å². The lowest BCUT2D eigenvalue weighted by Gasteiger charge is -2.09. The normalized spacial score (nSPS) is 11.5. The summed E-state index contributed by atoms with van der Waals surface area (Å²) in [6.45, 7) is 1.86. The van der Waals surface area contributed by atoms with E-state index in [0.717, 1.165) is 17.0 Å². The Morgan fingerprint density at radius 3 is 2.38 bits per heavy atom. The van der Waals surface area contributed by atoms with Crippen molar-refractivity contribution in [1.29, 1.82) is 10.7 Å². The number of nitrogens with one attached hydrogen (secondary N) is 3. The van der Waals surface area contributed by atoms with Crippen LogP contribution in [0.3, 0.4) is 0 Å². The van der Waals surface area contributed by atoms with Crippen LogP contribution in [-0.2, 0) is 0 Å². The van der Waals surface area contributed by atoms with E-state index in [9.17, 15) is 0 Å². The summed E-state index contributed by atoms with van der Waals surface area (Å²) in [7, 11) is 0. The van der Waals surface area contributed by atoms with E-state index in [4.69, 9.17) is 16.4 Å². The average Bonchev–Trinajstić information content (AvgIpc) is 2.61. The lowest BCUT2D eigenvalue weighted by Crippen LogP contribution is -2.22. The van der Waals surface area contributed by atoms with Crippen LogP contribution in [0.15, 0.2) is 64.8 Å². The molecule has 120 valence electrons. The van der Waals surface area contributed by atoms with E-state index in [1.54, 1.807) is 12.1 Å². The molecule has 0 aliphatic carbocycles. The summed E-state index contributed by atoms with van der Waals surface area (Å²) in [6, 6.07) is 18.7. The van der Waals surface area contributed by atoms with Crippen LogP contribution in [0.4, 0.5) is 11.4 Å². The van der Waals surface area contributed by atoms with Crippen molar-refractivity contribution in [2.45, 2.75) is 6.92 Å². The highest BCUT2D eigenvalue weighted by atomic mass is 15.3. The van der Waals surface area contributed by atoms with Gasteiger partial charge in [0.2, 0.25) is 5.71 Å². The van der Waals surface area contributed by atoms with Crippen molar-refractivity contribution >= 4 is 28.6 Å². The van der Waals surface area contributed by atoms with Gasteiger partial charge in [-0.15, -0.1) is 0 Å². The number of nitrogens with two attached hydrogens (primary N) is 1. The molecular formula is C17H17N7. The molecule has 7 nitrogen and oxygen atoms in total. The minimum absolute atomic E-state index is 0.179. The second kappa shape index (κ2) is 8.10. The van der Waals surface area contributed by atoms with E-state index in [0.29, 0.717) is 5.69 Å². The maximum atomic E-state index is 8.89. The molecule has 24 heavy (non-hydrogen) atoms. The number of nitrogens with zero attached hydrogens (tertiary/aromatic N) is 3. The van der Waals surface area contributed by atoms with Gasteiger partial charge in [-0.1, -0.05) is 36.4 Å². The van der Waals surface area contributed by atoms with Crippen molar-refractivity contribution in [1.82, 2.24) is 0 Å². The predicted octanol–water partition coefficient (Wildman–Crippen LogP) is 2.75. The van der Waals surface area contributed by atoms with Gasteiger partial charge in [0.25, 0.3) is 0 Å². The Labute approximate surface area is 140 Å². The zero-order chi connectivity index (χ0) is 17.4. The maximum Gasteiger partial charge on any atom is 0.201 e. The molecule has 7 heteroatoms. The second-order valence-corrected chi connectivity index (χ2v) is 4.82. The molecule has 0 atom stereocenters. The third-order valence-corrected chi connectivity index (χ3v) is 3.09. The number of rotatable bonds is 6. The third-order valence-electron chi connectivity index (χ3n) is 3.09. The predicted molar refractivity (Wildman–Crippen MR) is 97.3 cm³/mol. The van der Waals surface area contributed by atoms with Crippen molar-refractivity contribution in [3.05, 3.63) is 60.2 Å². The molecule has 0 radical (unpaired) electrons. The zero-order valence-corrected chi connectivity index (χ0v) is 13.1. The summed E-state index contributed by atoms with van der Waals surface area (Å²) in [4.78, 5) is 0. The van der Waals surface area contributed by atoms with Crippen LogP contribution < -0.4 is 16.6 Å². The SMILES string of the molecule is CC(=NNc1ccccc1)c1ccccc1N/N=C(\C#N)C(=N)N. The summed E-state index contributed by atoms with van der Waals surface area (Å²) in [5.74, 6) is -0.390. The molecule has 0 spiro atoms. The Balaban J connectivity index is 2.22. The van der Waals surface area contributed by atoms with Crippen LogP contribution in [0.1, 0.15) is 12.5 Å². The van der Waals surface area contributed by atoms with Gasteiger partial charge in [-0.2, -0.15) is 15.5 Å². The summed E-state index contributed by atoms with van der Waals surface area (Å²) in [5, 5.41) is 24.4. The minimum Gasteiger partial charge on any atom is -0.382 e. The molecule has 2 aromatic rings. The van der Waals surface area contributed by atoms with Crippen LogP contribution in [0.2, 0.25) is 0 Å². The first kappa shape index (κ1) is 16.7.